The van der Waals surface area contributed by atoms with Crippen LogP contribution in [0, 0.1) is 19.3 Å². The first-order valence-corrected chi connectivity index (χ1v) is 20.2. The van der Waals surface area contributed by atoms with Crippen LogP contribution in [0.4, 0.5) is 0 Å². The molecule has 1 aromatic heterocycles. The Bertz CT molecular complexity index is 1780. The molecule has 0 unspecified atom stereocenters. The zero-order chi connectivity index (χ0) is 39.3. The van der Waals surface area contributed by atoms with Gasteiger partial charge in [-0.1, -0.05) is 62.7 Å². The molecule has 14 nitrogen and oxygen atoms in total. The molecule has 0 bridgehead atoms. The van der Waals surface area contributed by atoms with Crippen LogP contribution >= 0.6 is 11.3 Å². The largest absolute Gasteiger partial charge is 0.391 e. The minimum absolute atomic E-state index is 0.00234. The maximum Gasteiger partial charge on any atom is 0.297 e. The number of aryl methyl sites for hydroxylation is 2. The zero-order valence-electron chi connectivity index (χ0n) is 31.5. The van der Waals surface area contributed by atoms with E-state index in [1.165, 1.54) is 17.0 Å². The number of benzene rings is 2. The molecule has 1 aliphatic heterocycles. The fraction of sp³-hybridized carbons (Fsp3) is 0.526. The number of β-amino-alcohol motifs (C(OH)–C–C–N with tert-alkyl or cyclic N) is 1. The summed E-state index contributed by atoms with van der Waals surface area (Å²) in [5, 5.41) is 16.2. The molecule has 1 saturated heterocycles. The van der Waals surface area contributed by atoms with Crippen LogP contribution < -0.4 is 10.6 Å². The van der Waals surface area contributed by atoms with Crippen molar-refractivity contribution in [2.45, 2.75) is 77.1 Å². The number of aliphatic hydroxyl groups is 1. The van der Waals surface area contributed by atoms with Crippen molar-refractivity contribution in [2.75, 3.05) is 52.8 Å². The highest BCUT2D eigenvalue weighted by Crippen LogP contribution is 2.28. The molecule has 1 fully saturated rings. The minimum Gasteiger partial charge on any atom is -0.391 e. The molecule has 296 valence electrons. The average molecular weight is 789 g/mol. The van der Waals surface area contributed by atoms with Crippen LogP contribution in [0.25, 0.3) is 10.4 Å². The predicted molar refractivity (Wildman–Crippen MR) is 203 cm³/mol. The summed E-state index contributed by atoms with van der Waals surface area (Å²) in [7, 11) is -3.84. The molecule has 16 heteroatoms. The number of nitrogens with zero attached hydrogens (tertiary/aromatic N) is 2. The molecule has 2 aromatic carbocycles. The van der Waals surface area contributed by atoms with E-state index in [4.69, 9.17) is 18.4 Å². The number of hydrogen-bond donors (Lipinski definition) is 3. The van der Waals surface area contributed by atoms with Crippen LogP contribution in [0.15, 0.2) is 58.9 Å². The van der Waals surface area contributed by atoms with E-state index in [-0.39, 0.29) is 88.9 Å². The third-order valence-corrected chi connectivity index (χ3v) is 11.0. The molecule has 3 N–H and O–H groups in total. The molecule has 0 aliphatic carbocycles. The van der Waals surface area contributed by atoms with Crippen molar-refractivity contribution >= 4 is 39.2 Å². The van der Waals surface area contributed by atoms with E-state index >= 15 is 0 Å². The van der Waals surface area contributed by atoms with E-state index in [9.17, 15) is 27.9 Å². The highest BCUT2D eigenvalue weighted by molar-refractivity contribution is 7.86. The van der Waals surface area contributed by atoms with Gasteiger partial charge in [-0.25, -0.2) is 4.98 Å². The van der Waals surface area contributed by atoms with Crippen molar-refractivity contribution < 1.29 is 46.3 Å². The topological polar surface area (TPSA) is 183 Å². The second-order valence-electron chi connectivity index (χ2n) is 14.1. The summed E-state index contributed by atoms with van der Waals surface area (Å²) in [6.07, 6.45) is -0.767. The number of thiazole rings is 1. The van der Waals surface area contributed by atoms with Gasteiger partial charge in [0, 0.05) is 25.9 Å². The second-order valence-corrected chi connectivity index (χ2v) is 16.6. The Balaban J connectivity index is 1.12. The molecular formula is C38H52N4O10S2. The van der Waals surface area contributed by atoms with E-state index in [1.807, 2.05) is 58.9 Å². The number of aliphatic hydroxyl groups excluding tert-OH is 1. The summed E-state index contributed by atoms with van der Waals surface area (Å²) in [6.45, 7) is 10.6. The van der Waals surface area contributed by atoms with E-state index in [2.05, 4.69) is 15.6 Å². The Morgan fingerprint density at radius 3 is 2.13 bits per heavy atom. The first-order valence-electron chi connectivity index (χ1n) is 17.9. The molecule has 3 atom stereocenters. The summed E-state index contributed by atoms with van der Waals surface area (Å²) < 4.78 is 45.7. The number of carbonyl (C=O) groups excluding carboxylic acids is 3. The van der Waals surface area contributed by atoms with E-state index in [0.717, 1.165) is 27.3 Å². The number of carbonyl (C=O) groups is 3. The maximum atomic E-state index is 13.8. The lowest BCUT2D eigenvalue weighted by atomic mass is 9.85. The van der Waals surface area contributed by atoms with Gasteiger partial charge in [-0.05, 0) is 42.5 Å². The van der Waals surface area contributed by atoms with Crippen LogP contribution in [0.2, 0.25) is 0 Å². The maximum absolute atomic E-state index is 13.8. The van der Waals surface area contributed by atoms with Gasteiger partial charge < -0.3 is 34.9 Å². The lowest BCUT2D eigenvalue weighted by Gasteiger charge is -2.35. The van der Waals surface area contributed by atoms with Gasteiger partial charge in [0.25, 0.3) is 10.1 Å². The van der Waals surface area contributed by atoms with Crippen molar-refractivity contribution in [3.8, 4) is 10.4 Å². The average Bonchev–Trinajstić information content (AvgIpc) is 3.74. The molecule has 0 saturated carbocycles. The number of hydrogen-bond acceptors (Lipinski definition) is 12. The van der Waals surface area contributed by atoms with Gasteiger partial charge in [0.2, 0.25) is 17.7 Å². The number of ether oxygens (including phenoxy) is 3. The summed E-state index contributed by atoms with van der Waals surface area (Å²) in [4.78, 5) is 46.9. The highest BCUT2D eigenvalue weighted by atomic mass is 32.2. The second kappa shape index (κ2) is 20.2. The molecule has 3 amide bonds. The van der Waals surface area contributed by atoms with Crippen LogP contribution in [-0.2, 0) is 49.4 Å². The fourth-order valence-corrected chi connectivity index (χ4v) is 7.40. The van der Waals surface area contributed by atoms with Gasteiger partial charge in [0.05, 0.1) is 73.3 Å². The number of rotatable bonds is 20. The molecule has 0 spiro atoms. The van der Waals surface area contributed by atoms with Crippen LogP contribution in [-0.4, -0.2) is 112 Å². The summed E-state index contributed by atoms with van der Waals surface area (Å²) in [6, 6.07) is 12.4. The quantitative estimate of drug-likeness (QED) is 0.113. The molecule has 54 heavy (non-hydrogen) atoms. The number of aromatic nitrogens is 1. The van der Waals surface area contributed by atoms with Crippen molar-refractivity contribution in [3.63, 3.8) is 0 Å². The van der Waals surface area contributed by atoms with Gasteiger partial charge in [0.1, 0.15) is 12.1 Å². The fourth-order valence-electron chi connectivity index (χ4n) is 5.70. The normalized spacial score (nSPS) is 16.7. The van der Waals surface area contributed by atoms with Crippen molar-refractivity contribution in [1.29, 1.82) is 0 Å². The minimum atomic E-state index is -3.84. The monoisotopic (exact) mass is 788 g/mol. The van der Waals surface area contributed by atoms with Gasteiger partial charge in [-0.2, -0.15) is 8.42 Å². The summed E-state index contributed by atoms with van der Waals surface area (Å²) >= 11 is 1.57. The lowest BCUT2D eigenvalue weighted by molar-refractivity contribution is -0.144. The summed E-state index contributed by atoms with van der Waals surface area (Å²) in [5.41, 5.74) is 4.97. The third-order valence-electron chi connectivity index (χ3n) is 8.70. The van der Waals surface area contributed by atoms with Gasteiger partial charge in [-0.3, -0.25) is 18.6 Å². The smallest absolute Gasteiger partial charge is 0.297 e. The Hall–Kier alpha value is -3.77. The van der Waals surface area contributed by atoms with Crippen molar-refractivity contribution in [2.24, 2.45) is 5.41 Å². The van der Waals surface area contributed by atoms with Gasteiger partial charge in [-0.15, -0.1) is 11.3 Å². The van der Waals surface area contributed by atoms with Crippen molar-refractivity contribution in [1.82, 2.24) is 20.5 Å². The number of nitrogens with one attached hydrogen (secondary N) is 2. The molecule has 1 aliphatic rings. The SMILES string of the molecule is Cc1ccc(S(=O)(=O)OCCOCCOCCOCCC(=O)N[C@H](C(=O)N2C[C@@H](O)C[C@H]2C(=O)NCc2ccc(-c3scnc3C)cc2)C(C)(C)C)cc1. The molecule has 2 heterocycles. The van der Waals surface area contributed by atoms with Crippen LogP contribution in [0.5, 0.6) is 0 Å². The summed E-state index contributed by atoms with van der Waals surface area (Å²) in [5.74, 6) is -1.20. The first kappa shape index (κ1) is 43.0. The van der Waals surface area contributed by atoms with E-state index in [1.54, 1.807) is 29.0 Å². The Kier molecular flexibility index (Phi) is 16.1. The van der Waals surface area contributed by atoms with Crippen LogP contribution in [0.3, 0.4) is 0 Å². The Morgan fingerprint density at radius 2 is 1.54 bits per heavy atom. The zero-order valence-corrected chi connectivity index (χ0v) is 33.2. The molecule has 0 radical (unpaired) electrons. The highest BCUT2D eigenvalue weighted by Gasteiger charge is 2.44. The molecule has 3 aromatic rings. The Morgan fingerprint density at radius 1 is 0.926 bits per heavy atom. The standard InChI is InChI=1S/C38H52N4O10S2/c1-26-6-12-31(13-7-26)54(47,48)52-21-20-51-19-18-50-17-16-49-15-14-33(44)41-35(38(3,4)5)37(46)42-24-30(43)22-32(42)36(45)39-23-28-8-10-29(11-9-28)34-27(2)40-25-53-34/h6-13,25,30,32,35,43H,14-24H2,1-5H3,(H,39,45)(H,41,44)/t30-,32-,35+/m0/s1. The molecule has 4 rings (SSSR count). The third kappa shape index (κ3) is 12.9. The number of amides is 3. The Labute approximate surface area is 321 Å². The van der Waals surface area contributed by atoms with Gasteiger partial charge in [0.15, 0.2) is 0 Å². The van der Waals surface area contributed by atoms with Crippen molar-refractivity contribution in [3.05, 3.63) is 70.9 Å². The van der Waals surface area contributed by atoms with E-state index in [0.29, 0.717) is 0 Å². The predicted octanol–water partition coefficient (Wildman–Crippen LogP) is 3.38. The lowest BCUT2D eigenvalue weighted by Crippen LogP contribution is -2.57. The number of likely N-dealkylation sites (tertiary alicyclic amines) is 1. The first-order chi connectivity index (χ1) is 25.7. The van der Waals surface area contributed by atoms with Crippen LogP contribution in [0.1, 0.15) is 50.4 Å². The van der Waals surface area contributed by atoms with E-state index < -0.39 is 39.6 Å². The molecular weight excluding hydrogens is 737 g/mol. The van der Waals surface area contributed by atoms with Gasteiger partial charge >= 0.3 is 0 Å².